The van der Waals surface area contributed by atoms with Crippen LogP contribution in [0.5, 0.6) is 0 Å². The number of benzene rings is 1. The van der Waals surface area contributed by atoms with Crippen LogP contribution in [0.2, 0.25) is 0 Å². The molecule has 7 heteroatoms. The molecule has 114 valence electrons. The van der Waals surface area contributed by atoms with E-state index in [4.69, 9.17) is 15.2 Å². The third-order valence-corrected chi connectivity index (χ3v) is 5.05. The highest BCUT2D eigenvalue weighted by Gasteiger charge is 2.27. The van der Waals surface area contributed by atoms with E-state index < -0.39 is 10.0 Å². The molecule has 20 heavy (non-hydrogen) atoms. The summed E-state index contributed by atoms with van der Waals surface area (Å²) in [6.07, 6.45) is 0. The van der Waals surface area contributed by atoms with Crippen LogP contribution in [0.4, 0.5) is 5.69 Å². The standard InChI is InChI=1S/C13H22N2O4S/c1-11-5-4-6-12(14)13(11)20(16,17)15(7-9-18-2)8-10-19-3/h4-6H,7-10,14H2,1-3H3. The van der Waals surface area contributed by atoms with Crippen LogP contribution in [0, 0.1) is 6.92 Å². The predicted octanol–water partition coefficient (Wildman–Crippen LogP) is 0.861. The zero-order valence-corrected chi connectivity index (χ0v) is 12.9. The van der Waals surface area contributed by atoms with Crippen LogP contribution in [0.15, 0.2) is 23.1 Å². The van der Waals surface area contributed by atoms with Gasteiger partial charge in [0.1, 0.15) is 4.90 Å². The molecule has 6 nitrogen and oxygen atoms in total. The smallest absolute Gasteiger partial charge is 0.245 e. The Hall–Kier alpha value is -1.15. The summed E-state index contributed by atoms with van der Waals surface area (Å²) in [5.74, 6) is 0. The molecule has 0 unspecified atom stereocenters. The molecule has 0 saturated carbocycles. The lowest BCUT2D eigenvalue weighted by Crippen LogP contribution is -2.37. The molecule has 0 bridgehead atoms. The molecule has 1 aromatic carbocycles. The Morgan fingerprint density at radius 3 is 2.15 bits per heavy atom. The van der Waals surface area contributed by atoms with Gasteiger partial charge in [-0.15, -0.1) is 0 Å². The Bertz CT molecular complexity index is 503. The number of hydrogen-bond acceptors (Lipinski definition) is 5. The first-order valence-electron chi connectivity index (χ1n) is 6.28. The second-order valence-electron chi connectivity index (χ2n) is 4.38. The third-order valence-electron chi connectivity index (χ3n) is 2.93. The molecule has 1 rings (SSSR count). The quantitative estimate of drug-likeness (QED) is 0.720. The van der Waals surface area contributed by atoms with Crippen LogP contribution in [-0.4, -0.2) is 53.2 Å². The number of nitrogen functional groups attached to an aromatic ring is 1. The lowest BCUT2D eigenvalue weighted by molar-refractivity contribution is 0.150. The Balaban J connectivity index is 3.14. The molecule has 0 fully saturated rings. The zero-order chi connectivity index (χ0) is 15.2. The van der Waals surface area contributed by atoms with E-state index in [1.54, 1.807) is 25.1 Å². The third kappa shape index (κ3) is 3.92. The Labute approximate surface area is 120 Å². The van der Waals surface area contributed by atoms with Gasteiger partial charge in [-0.05, 0) is 18.6 Å². The van der Waals surface area contributed by atoms with Gasteiger partial charge in [-0.3, -0.25) is 0 Å². The van der Waals surface area contributed by atoms with Crippen LogP contribution in [-0.2, 0) is 19.5 Å². The highest BCUT2D eigenvalue weighted by Crippen LogP contribution is 2.25. The maximum atomic E-state index is 12.7. The maximum Gasteiger partial charge on any atom is 0.245 e. The SMILES string of the molecule is COCCN(CCOC)S(=O)(=O)c1c(C)cccc1N. The van der Waals surface area contributed by atoms with Crippen molar-refractivity contribution in [2.45, 2.75) is 11.8 Å². The van der Waals surface area contributed by atoms with Gasteiger partial charge in [0.25, 0.3) is 0 Å². The molecule has 0 aliphatic rings. The molecule has 0 saturated heterocycles. The molecule has 0 amide bonds. The summed E-state index contributed by atoms with van der Waals surface area (Å²) in [7, 11) is -0.597. The molecular weight excluding hydrogens is 280 g/mol. The van der Waals surface area contributed by atoms with Gasteiger partial charge < -0.3 is 15.2 Å². The van der Waals surface area contributed by atoms with E-state index in [-0.39, 0.29) is 23.7 Å². The van der Waals surface area contributed by atoms with Crippen LogP contribution in [0.1, 0.15) is 5.56 Å². The molecule has 1 aromatic rings. The number of sulfonamides is 1. The van der Waals surface area contributed by atoms with Crippen LogP contribution in [0.3, 0.4) is 0 Å². The minimum Gasteiger partial charge on any atom is -0.398 e. The van der Waals surface area contributed by atoms with Gasteiger partial charge >= 0.3 is 0 Å². The van der Waals surface area contributed by atoms with E-state index in [0.29, 0.717) is 18.8 Å². The van der Waals surface area contributed by atoms with E-state index in [2.05, 4.69) is 0 Å². The van der Waals surface area contributed by atoms with Crippen LogP contribution in [0.25, 0.3) is 0 Å². The number of nitrogens with zero attached hydrogens (tertiary/aromatic N) is 1. The summed E-state index contributed by atoms with van der Waals surface area (Å²) in [4.78, 5) is 0.159. The van der Waals surface area contributed by atoms with Crippen molar-refractivity contribution in [1.82, 2.24) is 4.31 Å². The summed E-state index contributed by atoms with van der Waals surface area (Å²) in [6.45, 7) is 2.88. The van der Waals surface area contributed by atoms with Gasteiger partial charge in [0.15, 0.2) is 0 Å². The zero-order valence-electron chi connectivity index (χ0n) is 12.1. The minimum atomic E-state index is -3.66. The van der Waals surface area contributed by atoms with Crippen molar-refractivity contribution in [3.8, 4) is 0 Å². The first-order valence-corrected chi connectivity index (χ1v) is 7.72. The van der Waals surface area contributed by atoms with Crippen molar-refractivity contribution in [3.05, 3.63) is 23.8 Å². The summed E-state index contributed by atoms with van der Waals surface area (Å²) in [5.41, 5.74) is 6.72. The van der Waals surface area contributed by atoms with Crippen LogP contribution < -0.4 is 5.73 Å². The predicted molar refractivity (Wildman–Crippen MR) is 78.1 cm³/mol. The number of nitrogens with two attached hydrogens (primary N) is 1. The largest absolute Gasteiger partial charge is 0.398 e. The van der Waals surface area contributed by atoms with E-state index in [1.807, 2.05) is 0 Å². The molecule has 0 atom stereocenters. The van der Waals surface area contributed by atoms with Gasteiger partial charge in [-0.25, -0.2) is 8.42 Å². The maximum absolute atomic E-state index is 12.7. The van der Waals surface area contributed by atoms with Gasteiger partial charge in [-0.2, -0.15) is 4.31 Å². The molecule has 0 heterocycles. The molecule has 0 aliphatic carbocycles. The first-order chi connectivity index (χ1) is 9.45. The number of anilines is 1. The van der Waals surface area contributed by atoms with E-state index in [0.717, 1.165) is 0 Å². The van der Waals surface area contributed by atoms with E-state index in [9.17, 15) is 8.42 Å². The first kappa shape index (κ1) is 16.9. The molecule has 0 aliphatic heterocycles. The average Bonchev–Trinajstić information content (AvgIpc) is 2.38. The highest BCUT2D eigenvalue weighted by atomic mass is 32.2. The van der Waals surface area contributed by atoms with Crippen molar-refractivity contribution >= 4 is 15.7 Å². The highest BCUT2D eigenvalue weighted by molar-refractivity contribution is 7.89. The Morgan fingerprint density at radius 1 is 1.15 bits per heavy atom. The number of rotatable bonds is 8. The van der Waals surface area contributed by atoms with Gasteiger partial charge in [0.2, 0.25) is 10.0 Å². The number of hydrogen-bond donors (Lipinski definition) is 1. The normalized spacial score (nSPS) is 12.0. The van der Waals surface area contributed by atoms with Gasteiger partial charge in [-0.1, -0.05) is 12.1 Å². The lowest BCUT2D eigenvalue weighted by atomic mass is 10.2. The summed E-state index contributed by atoms with van der Waals surface area (Å²) in [5, 5.41) is 0. The van der Waals surface area contributed by atoms with Crippen molar-refractivity contribution in [2.24, 2.45) is 0 Å². The molecule has 0 spiro atoms. The monoisotopic (exact) mass is 302 g/mol. The van der Waals surface area contributed by atoms with Gasteiger partial charge in [0, 0.05) is 27.3 Å². The minimum absolute atomic E-state index is 0.159. The van der Waals surface area contributed by atoms with Crippen LogP contribution >= 0.6 is 0 Å². The lowest BCUT2D eigenvalue weighted by Gasteiger charge is -2.23. The second kappa shape index (κ2) is 7.58. The van der Waals surface area contributed by atoms with Crippen molar-refractivity contribution in [1.29, 1.82) is 0 Å². The number of ether oxygens (including phenoxy) is 2. The summed E-state index contributed by atoms with van der Waals surface area (Å²) in [6, 6.07) is 5.05. The fraction of sp³-hybridized carbons (Fsp3) is 0.538. The molecule has 0 radical (unpaired) electrons. The number of aryl methyl sites for hydroxylation is 1. The molecule has 0 aromatic heterocycles. The van der Waals surface area contributed by atoms with Crippen molar-refractivity contribution in [2.75, 3.05) is 46.3 Å². The van der Waals surface area contributed by atoms with Crippen molar-refractivity contribution < 1.29 is 17.9 Å². The van der Waals surface area contributed by atoms with Crippen molar-refractivity contribution in [3.63, 3.8) is 0 Å². The Morgan fingerprint density at radius 2 is 1.70 bits per heavy atom. The fourth-order valence-corrected chi connectivity index (χ4v) is 3.62. The summed E-state index contributed by atoms with van der Waals surface area (Å²) < 4.78 is 36.7. The van der Waals surface area contributed by atoms with E-state index in [1.165, 1.54) is 18.5 Å². The summed E-state index contributed by atoms with van der Waals surface area (Å²) >= 11 is 0. The molecular formula is C13H22N2O4S. The topological polar surface area (TPSA) is 81.9 Å². The number of methoxy groups -OCH3 is 2. The second-order valence-corrected chi connectivity index (χ2v) is 6.26. The average molecular weight is 302 g/mol. The van der Waals surface area contributed by atoms with E-state index >= 15 is 0 Å². The Kier molecular flexibility index (Phi) is 6.41. The fourth-order valence-electron chi connectivity index (χ4n) is 1.90. The molecule has 2 N–H and O–H groups in total. The van der Waals surface area contributed by atoms with Gasteiger partial charge in [0.05, 0.1) is 18.9 Å².